The van der Waals surface area contributed by atoms with E-state index in [1.54, 1.807) is 24.2 Å². The number of aliphatic hydroxyl groups is 1. The number of nitrogens with zero attached hydrogens (tertiary/aromatic N) is 1. The highest BCUT2D eigenvalue weighted by Crippen LogP contribution is 2.21. The van der Waals surface area contributed by atoms with Crippen LogP contribution in [-0.2, 0) is 0 Å². The van der Waals surface area contributed by atoms with Crippen LogP contribution in [0.4, 0.5) is 0 Å². The summed E-state index contributed by atoms with van der Waals surface area (Å²) in [6.07, 6.45) is 4.66. The van der Waals surface area contributed by atoms with Gasteiger partial charge in [0.2, 0.25) is 0 Å². The lowest BCUT2D eigenvalue weighted by atomic mass is 10.1. The molecule has 2 N–H and O–H groups in total. The fraction of sp³-hybridized carbons (Fsp3) is 0.583. The van der Waals surface area contributed by atoms with E-state index in [0.717, 1.165) is 18.7 Å². The van der Waals surface area contributed by atoms with Gasteiger partial charge in [-0.15, -0.1) is 11.8 Å². The zero-order valence-corrected chi connectivity index (χ0v) is 10.8. The second-order valence-electron chi connectivity index (χ2n) is 4.12. The van der Waals surface area contributed by atoms with Crippen molar-refractivity contribution in [2.75, 3.05) is 18.9 Å². The Kier molecular flexibility index (Phi) is 5.80. The van der Waals surface area contributed by atoms with Gasteiger partial charge >= 0.3 is 0 Å². The van der Waals surface area contributed by atoms with E-state index in [2.05, 4.69) is 24.1 Å². The molecular formula is C12H20N2OS. The van der Waals surface area contributed by atoms with Crippen LogP contribution in [0.1, 0.15) is 20.3 Å². The molecule has 1 aromatic heterocycles. The summed E-state index contributed by atoms with van der Waals surface area (Å²) in [5.41, 5.74) is -0.204. The molecule has 0 aliphatic carbocycles. The molecular weight excluding hydrogens is 220 g/mol. The molecule has 0 aliphatic rings. The van der Waals surface area contributed by atoms with Crippen LogP contribution < -0.4 is 5.32 Å². The van der Waals surface area contributed by atoms with Gasteiger partial charge in [-0.1, -0.05) is 6.92 Å². The van der Waals surface area contributed by atoms with Crippen LogP contribution >= 0.6 is 11.8 Å². The number of hydrogen-bond donors (Lipinski definition) is 2. The molecule has 1 unspecified atom stereocenters. The Labute approximate surface area is 102 Å². The average molecular weight is 240 g/mol. The van der Waals surface area contributed by atoms with E-state index in [1.807, 2.05) is 12.1 Å². The van der Waals surface area contributed by atoms with Crippen molar-refractivity contribution >= 4 is 11.8 Å². The maximum absolute atomic E-state index is 9.40. The van der Waals surface area contributed by atoms with E-state index in [0.29, 0.717) is 0 Å². The summed E-state index contributed by atoms with van der Waals surface area (Å²) in [5, 5.41) is 12.8. The van der Waals surface area contributed by atoms with Crippen molar-refractivity contribution in [3.8, 4) is 0 Å². The van der Waals surface area contributed by atoms with E-state index in [1.165, 1.54) is 4.90 Å². The fourth-order valence-corrected chi connectivity index (χ4v) is 2.25. The third-order valence-electron chi connectivity index (χ3n) is 2.36. The predicted octanol–water partition coefficient (Wildman–Crippen LogP) is 1.92. The predicted molar refractivity (Wildman–Crippen MR) is 68.7 cm³/mol. The highest BCUT2D eigenvalue weighted by Gasteiger charge is 2.22. The number of aromatic nitrogens is 1. The first-order valence-electron chi connectivity index (χ1n) is 5.59. The molecule has 0 aliphatic heterocycles. The van der Waals surface area contributed by atoms with E-state index >= 15 is 0 Å². The summed E-state index contributed by atoms with van der Waals surface area (Å²) < 4.78 is 0. The van der Waals surface area contributed by atoms with Crippen LogP contribution in [0.3, 0.4) is 0 Å². The minimum atomic E-state index is -0.204. The standard InChI is InChI=1S/C12H20N2OS/c1-3-6-14-12(2,9-15)10-16-11-4-7-13-8-5-11/h4-5,7-8,14-15H,3,6,9-10H2,1-2H3. The number of rotatable bonds is 7. The van der Waals surface area contributed by atoms with Gasteiger partial charge in [-0.25, -0.2) is 0 Å². The van der Waals surface area contributed by atoms with Gasteiger partial charge in [-0.05, 0) is 32.0 Å². The van der Waals surface area contributed by atoms with Gasteiger partial charge in [0.25, 0.3) is 0 Å². The summed E-state index contributed by atoms with van der Waals surface area (Å²) in [7, 11) is 0. The van der Waals surface area contributed by atoms with Crippen LogP contribution in [0, 0.1) is 0 Å². The van der Waals surface area contributed by atoms with Gasteiger partial charge in [0.15, 0.2) is 0 Å². The van der Waals surface area contributed by atoms with E-state index < -0.39 is 0 Å². The molecule has 0 fully saturated rings. The summed E-state index contributed by atoms with van der Waals surface area (Å²) in [4.78, 5) is 5.17. The van der Waals surface area contributed by atoms with E-state index in [9.17, 15) is 5.11 Å². The summed E-state index contributed by atoms with van der Waals surface area (Å²) in [6.45, 7) is 5.27. The van der Waals surface area contributed by atoms with Gasteiger partial charge < -0.3 is 10.4 Å². The van der Waals surface area contributed by atoms with Gasteiger partial charge in [-0.2, -0.15) is 0 Å². The van der Waals surface area contributed by atoms with Gasteiger partial charge in [-0.3, -0.25) is 4.98 Å². The Morgan fingerprint density at radius 2 is 2.12 bits per heavy atom. The van der Waals surface area contributed by atoms with Crippen LogP contribution in [-0.4, -0.2) is 34.5 Å². The lowest BCUT2D eigenvalue weighted by molar-refractivity contribution is 0.192. The van der Waals surface area contributed by atoms with Crippen LogP contribution in [0.15, 0.2) is 29.4 Å². The van der Waals surface area contributed by atoms with Gasteiger partial charge in [0, 0.05) is 28.6 Å². The maximum atomic E-state index is 9.40. The molecule has 0 spiro atoms. The fourth-order valence-electron chi connectivity index (χ4n) is 1.26. The van der Waals surface area contributed by atoms with Crippen molar-refractivity contribution in [3.63, 3.8) is 0 Å². The first-order chi connectivity index (χ1) is 7.70. The molecule has 0 radical (unpaired) electrons. The lowest BCUT2D eigenvalue weighted by Gasteiger charge is -2.28. The molecule has 1 atom stereocenters. The van der Waals surface area contributed by atoms with Gasteiger partial charge in [0.1, 0.15) is 0 Å². The van der Waals surface area contributed by atoms with E-state index in [-0.39, 0.29) is 12.1 Å². The minimum absolute atomic E-state index is 0.158. The van der Waals surface area contributed by atoms with Crippen LogP contribution in [0.2, 0.25) is 0 Å². The molecule has 4 heteroatoms. The summed E-state index contributed by atoms with van der Waals surface area (Å²) >= 11 is 1.74. The van der Waals surface area contributed by atoms with Gasteiger partial charge in [0.05, 0.1) is 6.61 Å². The molecule has 1 rings (SSSR count). The minimum Gasteiger partial charge on any atom is -0.394 e. The zero-order chi connectivity index (χ0) is 11.9. The Hall–Kier alpha value is -0.580. The molecule has 0 amide bonds. The molecule has 1 heterocycles. The quantitative estimate of drug-likeness (QED) is 0.715. The van der Waals surface area contributed by atoms with Crippen molar-refractivity contribution in [2.24, 2.45) is 0 Å². The molecule has 3 nitrogen and oxygen atoms in total. The highest BCUT2D eigenvalue weighted by atomic mass is 32.2. The third-order valence-corrected chi connectivity index (χ3v) is 3.74. The maximum Gasteiger partial charge on any atom is 0.0618 e. The first kappa shape index (κ1) is 13.5. The first-order valence-corrected chi connectivity index (χ1v) is 6.57. The topological polar surface area (TPSA) is 45.1 Å². The molecule has 0 saturated heterocycles. The lowest BCUT2D eigenvalue weighted by Crippen LogP contribution is -2.48. The normalized spacial score (nSPS) is 14.7. The van der Waals surface area contributed by atoms with E-state index in [4.69, 9.17) is 0 Å². The monoisotopic (exact) mass is 240 g/mol. The zero-order valence-electron chi connectivity index (χ0n) is 9.94. The van der Waals surface area contributed by atoms with Crippen molar-refractivity contribution < 1.29 is 5.11 Å². The smallest absolute Gasteiger partial charge is 0.0618 e. The summed E-state index contributed by atoms with van der Waals surface area (Å²) in [6, 6.07) is 3.98. The molecule has 90 valence electrons. The number of hydrogen-bond acceptors (Lipinski definition) is 4. The molecule has 1 aromatic rings. The number of nitrogens with one attached hydrogen (secondary N) is 1. The second-order valence-corrected chi connectivity index (χ2v) is 5.17. The number of pyridine rings is 1. The van der Waals surface area contributed by atoms with Crippen molar-refractivity contribution in [1.29, 1.82) is 0 Å². The Morgan fingerprint density at radius 1 is 1.44 bits per heavy atom. The van der Waals surface area contributed by atoms with Crippen molar-refractivity contribution in [3.05, 3.63) is 24.5 Å². The van der Waals surface area contributed by atoms with Crippen molar-refractivity contribution in [1.82, 2.24) is 10.3 Å². The van der Waals surface area contributed by atoms with Crippen LogP contribution in [0.5, 0.6) is 0 Å². The van der Waals surface area contributed by atoms with Crippen molar-refractivity contribution in [2.45, 2.75) is 30.7 Å². The largest absolute Gasteiger partial charge is 0.394 e. The SMILES string of the molecule is CCCNC(C)(CO)CSc1ccncc1. The average Bonchev–Trinajstić information content (AvgIpc) is 2.35. The summed E-state index contributed by atoms with van der Waals surface area (Å²) in [5.74, 6) is 0.855. The molecule has 0 saturated carbocycles. The highest BCUT2D eigenvalue weighted by molar-refractivity contribution is 7.99. The van der Waals surface area contributed by atoms with Crippen LogP contribution in [0.25, 0.3) is 0 Å². The Morgan fingerprint density at radius 3 is 2.69 bits per heavy atom. The Balaban J connectivity index is 2.44. The third kappa shape index (κ3) is 4.51. The number of aliphatic hydroxyl groups excluding tert-OH is 1. The number of thioether (sulfide) groups is 1. The molecule has 0 aromatic carbocycles. The second kappa shape index (κ2) is 6.89. The molecule has 0 bridgehead atoms. The Bertz CT molecular complexity index is 294. The molecule has 16 heavy (non-hydrogen) atoms.